The minimum absolute atomic E-state index is 0.264. The molecule has 178 valence electrons. The summed E-state index contributed by atoms with van der Waals surface area (Å²) in [6.45, 7) is 7.36. The van der Waals surface area contributed by atoms with E-state index >= 15 is 0 Å². The molecule has 3 saturated carbocycles. The Bertz CT molecular complexity index is 649. The van der Waals surface area contributed by atoms with Crippen molar-refractivity contribution < 1.29 is 9.47 Å². The number of ether oxygens (including phenoxy) is 2. The van der Waals surface area contributed by atoms with E-state index in [2.05, 4.69) is 18.7 Å². The van der Waals surface area contributed by atoms with Crippen molar-refractivity contribution in [2.75, 3.05) is 19.7 Å². The topological polar surface area (TPSA) is 69.3 Å². The van der Waals surface area contributed by atoms with Crippen LogP contribution in [0.25, 0.3) is 0 Å². The Balaban J connectivity index is 1.34. The average Bonchev–Trinajstić information content (AvgIpc) is 2.83. The van der Waals surface area contributed by atoms with Gasteiger partial charge in [0.2, 0.25) is 0 Å². The van der Waals surface area contributed by atoms with E-state index in [4.69, 9.17) is 20.0 Å². The molecule has 0 aromatic rings. The third-order valence-corrected chi connectivity index (χ3v) is 8.04. The number of rotatable bonds is 9. The SMILES string of the molecule is CCN(CCOC1CCC(OC2CCCCC2)CC1)C1CCC(C=C(C#N)C#N)C(C)C1. The van der Waals surface area contributed by atoms with E-state index in [9.17, 15) is 0 Å². The van der Waals surface area contributed by atoms with Crippen molar-refractivity contribution in [1.29, 1.82) is 10.5 Å². The average molecular weight is 442 g/mol. The number of hydrogen-bond donors (Lipinski definition) is 0. The monoisotopic (exact) mass is 441 g/mol. The van der Waals surface area contributed by atoms with Gasteiger partial charge in [-0.2, -0.15) is 10.5 Å². The second-order valence-electron chi connectivity index (χ2n) is 10.2. The second kappa shape index (κ2) is 13.3. The Labute approximate surface area is 195 Å². The Morgan fingerprint density at radius 1 is 0.906 bits per heavy atom. The first-order chi connectivity index (χ1) is 15.6. The molecule has 3 aliphatic carbocycles. The van der Waals surface area contributed by atoms with Crippen LogP contribution in [-0.2, 0) is 9.47 Å². The Hall–Kier alpha value is -1.40. The zero-order chi connectivity index (χ0) is 22.8. The van der Waals surface area contributed by atoms with Crippen LogP contribution in [0.15, 0.2) is 11.6 Å². The lowest BCUT2D eigenvalue weighted by Gasteiger charge is -2.39. The molecule has 0 aliphatic heterocycles. The first-order valence-corrected chi connectivity index (χ1v) is 13.2. The maximum atomic E-state index is 9.04. The Kier molecular flexibility index (Phi) is 10.5. The fourth-order valence-corrected chi connectivity index (χ4v) is 6.03. The van der Waals surface area contributed by atoms with Gasteiger partial charge in [0, 0.05) is 12.6 Å². The van der Waals surface area contributed by atoms with Gasteiger partial charge in [-0.25, -0.2) is 0 Å². The van der Waals surface area contributed by atoms with Crippen LogP contribution in [0, 0.1) is 34.5 Å². The molecule has 0 radical (unpaired) electrons. The van der Waals surface area contributed by atoms with Crippen molar-refractivity contribution >= 4 is 0 Å². The molecule has 3 unspecified atom stereocenters. The number of likely N-dealkylation sites (N-methyl/N-ethyl adjacent to an activating group) is 1. The van der Waals surface area contributed by atoms with Gasteiger partial charge in [-0.3, -0.25) is 4.90 Å². The molecular weight excluding hydrogens is 398 g/mol. The molecule has 0 N–H and O–H groups in total. The standard InChI is InChI=1S/C27H43N3O2/c1-3-30(24-10-9-23(21(2)17-24)18-22(19-28)20-29)15-16-31-25-11-13-27(14-12-25)32-26-7-5-4-6-8-26/h18,21,23-27H,3-17H2,1-2H3. The van der Waals surface area contributed by atoms with E-state index in [0.717, 1.165) is 64.6 Å². The minimum atomic E-state index is 0.264. The van der Waals surface area contributed by atoms with E-state index in [-0.39, 0.29) is 5.57 Å². The van der Waals surface area contributed by atoms with Crippen LogP contribution in [-0.4, -0.2) is 49.0 Å². The fourth-order valence-electron chi connectivity index (χ4n) is 6.03. The van der Waals surface area contributed by atoms with Gasteiger partial charge in [-0.15, -0.1) is 0 Å². The smallest absolute Gasteiger partial charge is 0.125 e. The highest BCUT2D eigenvalue weighted by Crippen LogP contribution is 2.34. The molecule has 0 heterocycles. The summed E-state index contributed by atoms with van der Waals surface area (Å²) in [5.41, 5.74) is 0.264. The highest BCUT2D eigenvalue weighted by molar-refractivity contribution is 5.35. The number of allylic oxidation sites excluding steroid dienone is 2. The third-order valence-electron chi connectivity index (χ3n) is 8.04. The van der Waals surface area contributed by atoms with Crippen molar-refractivity contribution in [3.05, 3.63) is 11.6 Å². The van der Waals surface area contributed by atoms with Gasteiger partial charge in [-0.05, 0) is 76.2 Å². The number of nitrogens with zero attached hydrogens (tertiary/aromatic N) is 3. The first-order valence-electron chi connectivity index (χ1n) is 13.2. The molecule has 3 fully saturated rings. The Morgan fingerprint density at radius 2 is 1.56 bits per heavy atom. The summed E-state index contributed by atoms with van der Waals surface area (Å²) in [5.74, 6) is 0.849. The minimum Gasteiger partial charge on any atom is -0.377 e. The van der Waals surface area contributed by atoms with Gasteiger partial charge in [0.05, 0.1) is 24.9 Å². The van der Waals surface area contributed by atoms with Crippen LogP contribution in [0.5, 0.6) is 0 Å². The molecule has 0 aromatic carbocycles. The van der Waals surface area contributed by atoms with Crippen molar-refractivity contribution in [3.63, 3.8) is 0 Å². The van der Waals surface area contributed by atoms with Crippen LogP contribution in [0.2, 0.25) is 0 Å². The van der Waals surface area contributed by atoms with Crippen molar-refractivity contribution in [2.24, 2.45) is 11.8 Å². The van der Waals surface area contributed by atoms with E-state index in [1.54, 1.807) is 0 Å². The quantitative estimate of drug-likeness (QED) is 0.425. The summed E-state index contributed by atoms with van der Waals surface area (Å²) < 4.78 is 12.7. The summed E-state index contributed by atoms with van der Waals surface area (Å²) in [6.07, 6.45) is 17.8. The summed E-state index contributed by atoms with van der Waals surface area (Å²) in [7, 11) is 0. The molecule has 3 atom stereocenters. The van der Waals surface area contributed by atoms with Gasteiger partial charge < -0.3 is 9.47 Å². The first kappa shape index (κ1) is 25.2. The van der Waals surface area contributed by atoms with Gasteiger partial charge in [0.25, 0.3) is 0 Å². The van der Waals surface area contributed by atoms with Crippen LogP contribution < -0.4 is 0 Å². The summed E-state index contributed by atoms with van der Waals surface area (Å²) in [4.78, 5) is 2.57. The van der Waals surface area contributed by atoms with Gasteiger partial charge >= 0.3 is 0 Å². The molecule has 5 nitrogen and oxygen atoms in total. The molecular formula is C27H43N3O2. The molecule has 0 aromatic heterocycles. The van der Waals surface area contributed by atoms with Crippen LogP contribution in [0.3, 0.4) is 0 Å². The highest BCUT2D eigenvalue weighted by Gasteiger charge is 2.30. The lowest BCUT2D eigenvalue weighted by atomic mass is 9.76. The molecule has 0 bridgehead atoms. The van der Waals surface area contributed by atoms with E-state index in [0.29, 0.717) is 36.2 Å². The predicted octanol–water partition coefficient (Wildman–Crippen LogP) is 5.76. The zero-order valence-electron chi connectivity index (χ0n) is 20.3. The second-order valence-corrected chi connectivity index (χ2v) is 10.2. The molecule has 3 aliphatic rings. The lowest BCUT2D eigenvalue weighted by molar-refractivity contribution is -0.0738. The highest BCUT2D eigenvalue weighted by atomic mass is 16.5. The molecule has 0 amide bonds. The fraction of sp³-hybridized carbons (Fsp3) is 0.852. The van der Waals surface area contributed by atoms with Gasteiger partial charge in [0.1, 0.15) is 17.7 Å². The van der Waals surface area contributed by atoms with Crippen LogP contribution >= 0.6 is 0 Å². The summed E-state index contributed by atoms with van der Waals surface area (Å²) in [5, 5.41) is 18.1. The van der Waals surface area contributed by atoms with Gasteiger partial charge in [-0.1, -0.05) is 39.2 Å². The van der Waals surface area contributed by atoms with Crippen LogP contribution in [0.4, 0.5) is 0 Å². The predicted molar refractivity (Wildman–Crippen MR) is 127 cm³/mol. The molecule has 3 rings (SSSR count). The van der Waals surface area contributed by atoms with Gasteiger partial charge in [0.15, 0.2) is 0 Å². The van der Waals surface area contributed by atoms with E-state index in [1.165, 1.54) is 32.1 Å². The number of hydrogen-bond acceptors (Lipinski definition) is 5. The Morgan fingerprint density at radius 3 is 2.19 bits per heavy atom. The summed E-state index contributed by atoms with van der Waals surface area (Å²) >= 11 is 0. The maximum Gasteiger partial charge on any atom is 0.125 e. The normalized spacial score (nSPS) is 31.6. The van der Waals surface area contributed by atoms with Crippen molar-refractivity contribution in [3.8, 4) is 12.1 Å². The number of nitriles is 2. The van der Waals surface area contributed by atoms with E-state index < -0.39 is 0 Å². The summed E-state index contributed by atoms with van der Waals surface area (Å²) in [6, 6.07) is 4.60. The van der Waals surface area contributed by atoms with Crippen molar-refractivity contribution in [1.82, 2.24) is 4.90 Å². The molecule has 0 spiro atoms. The molecule has 0 saturated heterocycles. The molecule has 5 heteroatoms. The third kappa shape index (κ3) is 7.58. The van der Waals surface area contributed by atoms with Crippen molar-refractivity contribution in [2.45, 2.75) is 115 Å². The molecule has 32 heavy (non-hydrogen) atoms. The lowest BCUT2D eigenvalue weighted by Crippen LogP contribution is -2.42. The zero-order valence-corrected chi connectivity index (χ0v) is 20.3. The van der Waals surface area contributed by atoms with Crippen LogP contribution in [0.1, 0.15) is 90.9 Å². The largest absolute Gasteiger partial charge is 0.377 e. The van der Waals surface area contributed by atoms with E-state index in [1.807, 2.05) is 18.2 Å². The maximum absolute atomic E-state index is 9.04.